The van der Waals surface area contributed by atoms with Crippen LogP contribution in [0.15, 0.2) is 56.2 Å². The zero-order chi connectivity index (χ0) is 22.8. The van der Waals surface area contributed by atoms with E-state index in [1.54, 1.807) is 28.8 Å². The van der Waals surface area contributed by atoms with Crippen molar-refractivity contribution in [3.8, 4) is 6.07 Å². The van der Waals surface area contributed by atoms with Crippen molar-refractivity contribution in [3.63, 3.8) is 0 Å². The number of anilines is 2. The van der Waals surface area contributed by atoms with Crippen LogP contribution in [0.1, 0.15) is 26.3 Å². The van der Waals surface area contributed by atoms with E-state index in [1.165, 1.54) is 11.8 Å². The Kier molecular flexibility index (Phi) is 6.70. The van der Waals surface area contributed by atoms with Gasteiger partial charge in [0.05, 0.1) is 28.7 Å². The Morgan fingerprint density at radius 1 is 1.09 bits per heavy atom. The van der Waals surface area contributed by atoms with Gasteiger partial charge in [-0.1, -0.05) is 23.4 Å². The van der Waals surface area contributed by atoms with Gasteiger partial charge >= 0.3 is 0 Å². The molecule has 32 heavy (non-hydrogen) atoms. The molecule has 2 heterocycles. The van der Waals surface area contributed by atoms with Gasteiger partial charge in [-0.15, -0.1) is 0 Å². The third-order valence-corrected chi connectivity index (χ3v) is 7.68. The van der Waals surface area contributed by atoms with Gasteiger partial charge in [-0.05, 0) is 68.9 Å². The van der Waals surface area contributed by atoms with Crippen molar-refractivity contribution in [2.45, 2.75) is 25.7 Å². The molecular weight excluding hydrogens is 462 g/mol. The summed E-state index contributed by atoms with van der Waals surface area (Å²) >= 11 is 9.19. The number of hydrogen-bond acceptors (Lipinski definition) is 7. The molecule has 4 rings (SSSR count). The van der Waals surface area contributed by atoms with Crippen molar-refractivity contribution >= 4 is 63.3 Å². The minimum atomic E-state index is -0.0578. The molecular formula is C23H22ClN5OS2. The number of thioether (sulfide) groups is 2. The summed E-state index contributed by atoms with van der Waals surface area (Å²) in [5.74, 6) is -0.0578. The average Bonchev–Trinajstić information content (AvgIpc) is 3.30. The topological polar surface area (TPSA) is 71.7 Å². The lowest BCUT2D eigenvalue weighted by Crippen LogP contribution is -2.29. The molecule has 0 atom stereocenters. The van der Waals surface area contributed by atoms with E-state index in [2.05, 4.69) is 23.2 Å². The maximum Gasteiger partial charge on any atom is 0.269 e. The number of hydrogen-bond donors (Lipinski definition) is 1. The number of benzene rings is 2. The van der Waals surface area contributed by atoms with Crippen LogP contribution in [-0.2, 0) is 4.79 Å². The molecule has 9 heteroatoms. The number of carbonyl (C=O) groups excluding carboxylic acids is 1. The highest BCUT2D eigenvalue weighted by Gasteiger charge is 2.39. The molecule has 164 valence electrons. The number of fused-ring (bicyclic) bond motifs is 1. The number of nitrogens with one attached hydrogen (secondary N) is 1. The largest absolute Gasteiger partial charge is 0.384 e. The monoisotopic (exact) mass is 483 g/mol. The zero-order valence-electron chi connectivity index (χ0n) is 18.0. The number of rotatable bonds is 5. The van der Waals surface area contributed by atoms with Crippen molar-refractivity contribution in [1.29, 1.82) is 5.26 Å². The first-order valence-electron chi connectivity index (χ1n) is 10.4. The van der Waals surface area contributed by atoms with E-state index in [4.69, 9.17) is 16.6 Å². The van der Waals surface area contributed by atoms with Crippen LogP contribution in [-0.4, -0.2) is 35.6 Å². The fraction of sp³-hybridized carbons (Fsp3) is 0.261. The number of halogens is 1. The van der Waals surface area contributed by atoms with Crippen molar-refractivity contribution < 1.29 is 4.79 Å². The van der Waals surface area contributed by atoms with Gasteiger partial charge in [0.2, 0.25) is 0 Å². The van der Waals surface area contributed by atoms with Crippen molar-refractivity contribution in [2.24, 2.45) is 4.99 Å². The Morgan fingerprint density at radius 3 is 2.56 bits per heavy atom. The Hall–Kier alpha value is -2.60. The summed E-state index contributed by atoms with van der Waals surface area (Å²) in [7, 11) is 0. The maximum atomic E-state index is 13.4. The smallest absolute Gasteiger partial charge is 0.269 e. The van der Waals surface area contributed by atoms with Gasteiger partial charge in [0, 0.05) is 29.6 Å². The Balaban J connectivity index is 1.77. The first kappa shape index (κ1) is 22.6. The molecule has 0 aliphatic carbocycles. The second-order valence-corrected chi connectivity index (χ2v) is 9.46. The van der Waals surface area contributed by atoms with Crippen molar-refractivity contribution in [3.05, 3.63) is 56.9 Å². The maximum absolute atomic E-state index is 13.4. The summed E-state index contributed by atoms with van der Waals surface area (Å²) in [6.07, 6.45) is 0. The highest BCUT2D eigenvalue weighted by Crippen LogP contribution is 2.51. The second kappa shape index (κ2) is 9.49. The molecule has 0 bridgehead atoms. The van der Waals surface area contributed by atoms with E-state index >= 15 is 0 Å². The fourth-order valence-corrected chi connectivity index (χ4v) is 6.17. The molecule has 0 aromatic heterocycles. The van der Waals surface area contributed by atoms with Crippen LogP contribution < -0.4 is 10.2 Å². The first-order chi connectivity index (χ1) is 15.5. The Bertz CT molecular complexity index is 1190. The summed E-state index contributed by atoms with van der Waals surface area (Å²) < 4.78 is 0. The minimum absolute atomic E-state index is 0.0578. The van der Waals surface area contributed by atoms with Crippen LogP contribution >= 0.6 is 35.1 Å². The number of likely N-dealkylation sites (N-methyl/N-ethyl adjacent to an activating group) is 1. The van der Waals surface area contributed by atoms with E-state index in [9.17, 15) is 10.1 Å². The number of nitriles is 1. The van der Waals surface area contributed by atoms with Crippen molar-refractivity contribution in [2.75, 3.05) is 29.9 Å². The van der Waals surface area contributed by atoms with E-state index in [0.29, 0.717) is 32.9 Å². The minimum Gasteiger partial charge on any atom is -0.384 e. The molecule has 1 saturated heterocycles. The summed E-state index contributed by atoms with van der Waals surface area (Å²) in [6.45, 7) is 7.96. The van der Waals surface area contributed by atoms with Crippen LogP contribution in [0.3, 0.4) is 0 Å². The number of amidine groups is 1. The molecule has 2 aliphatic heterocycles. The molecule has 0 radical (unpaired) electrons. The number of nitrogens with zero attached hydrogens (tertiary/aromatic N) is 4. The average molecular weight is 484 g/mol. The van der Waals surface area contributed by atoms with Crippen LogP contribution in [0.5, 0.6) is 0 Å². The molecule has 2 aromatic rings. The first-order valence-corrected chi connectivity index (χ1v) is 12.4. The lowest BCUT2D eigenvalue weighted by molar-refractivity contribution is -0.122. The molecule has 0 saturated carbocycles. The van der Waals surface area contributed by atoms with Gasteiger partial charge in [-0.3, -0.25) is 9.69 Å². The van der Waals surface area contributed by atoms with E-state index in [0.717, 1.165) is 34.4 Å². The standard InChI is InChI=1S/C23H22ClN5OS2/c1-4-26-16-9-7-14(13-25)11-17(16)27-23-29(6-3)21(30)20(32-23)22-28(5-2)18-12-15(24)8-10-19(18)31-22/h7-12,26H,4-6H2,1-3H3. The lowest BCUT2D eigenvalue weighted by atomic mass is 10.2. The van der Waals surface area contributed by atoms with Crippen LogP contribution in [0.4, 0.5) is 17.1 Å². The van der Waals surface area contributed by atoms with E-state index < -0.39 is 0 Å². The molecule has 2 aliphatic rings. The SMILES string of the molecule is CCNc1ccc(C#N)cc1N=C1SC(=C2Sc3ccc(Cl)cc3N2CC)C(=O)N1CC. The number of carbonyl (C=O) groups is 1. The van der Waals surface area contributed by atoms with Crippen LogP contribution in [0, 0.1) is 11.3 Å². The predicted molar refractivity (Wildman–Crippen MR) is 135 cm³/mol. The van der Waals surface area contributed by atoms with Crippen LogP contribution in [0.25, 0.3) is 0 Å². The van der Waals surface area contributed by atoms with Crippen molar-refractivity contribution in [1.82, 2.24) is 4.90 Å². The predicted octanol–water partition coefficient (Wildman–Crippen LogP) is 6.03. The molecule has 6 nitrogen and oxygen atoms in total. The fourth-order valence-electron chi connectivity index (χ4n) is 3.57. The molecule has 1 fully saturated rings. The van der Waals surface area contributed by atoms with Gasteiger partial charge in [-0.2, -0.15) is 5.26 Å². The normalized spacial score (nSPS) is 19.0. The highest BCUT2D eigenvalue weighted by atomic mass is 35.5. The molecule has 0 unspecified atom stereocenters. The summed E-state index contributed by atoms with van der Waals surface area (Å²) in [5, 5.41) is 14.8. The lowest BCUT2D eigenvalue weighted by Gasteiger charge is -2.19. The van der Waals surface area contributed by atoms with E-state index in [-0.39, 0.29) is 5.91 Å². The van der Waals surface area contributed by atoms with Gasteiger partial charge in [0.15, 0.2) is 5.17 Å². The Morgan fingerprint density at radius 2 is 1.88 bits per heavy atom. The zero-order valence-corrected chi connectivity index (χ0v) is 20.4. The third-order valence-electron chi connectivity index (χ3n) is 5.06. The highest BCUT2D eigenvalue weighted by molar-refractivity contribution is 8.19. The summed E-state index contributed by atoms with van der Waals surface area (Å²) in [6, 6.07) is 13.3. The molecule has 1 amide bonds. The van der Waals surface area contributed by atoms with E-state index in [1.807, 2.05) is 38.1 Å². The molecule has 1 N–H and O–H groups in total. The van der Waals surface area contributed by atoms with Gasteiger partial charge < -0.3 is 10.2 Å². The summed E-state index contributed by atoms with van der Waals surface area (Å²) in [5.41, 5.74) is 3.02. The number of aliphatic imine (C=N–C) groups is 1. The second-order valence-electron chi connectivity index (χ2n) is 7.01. The summed E-state index contributed by atoms with van der Waals surface area (Å²) in [4.78, 5) is 23.7. The molecule has 2 aromatic carbocycles. The number of amides is 1. The van der Waals surface area contributed by atoms with Gasteiger partial charge in [0.1, 0.15) is 9.93 Å². The van der Waals surface area contributed by atoms with Crippen LogP contribution in [0.2, 0.25) is 5.02 Å². The molecule has 0 spiro atoms. The quantitative estimate of drug-likeness (QED) is 0.523. The van der Waals surface area contributed by atoms with Gasteiger partial charge in [-0.25, -0.2) is 4.99 Å². The van der Waals surface area contributed by atoms with Gasteiger partial charge in [0.25, 0.3) is 5.91 Å². The Labute approximate surface area is 201 Å². The third kappa shape index (κ3) is 4.08.